The second kappa shape index (κ2) is 3.81. The summed E-state index contributed by atoms with van der Waals surface area (Å²) in [5, 5.41) is 0. The Kier molecular flexibility index (Phi) is 2.52. The summed E-state index contributed by atoms with van der Waals surface area (Å²) in [5.41, 5.74) is 6.93. The molecule has 3 heterocycles. The first-order valence-corrected chi connectivity index (χ1v) is 7.91. The number of hydrogen-bond acceptors (Lipinski definition) is 4. The fourth-order valence-electron chi connectivity index (χ4n) is 2.76. The lowest BCUT2D eigenvalue weighted by Gasteiger charge is -2.20. The summed E-state index contributed by atoms with van der Waals surface area (Å²) < 4.78 is 24.9. The number of hydrogen-bond donors (Lipinski definition) is 1. The van der Waals surface area contributed by atoms with Crippen LogP contribution in [-0.2, 0) is 16.3 Å². The van der Waals surface area contributed by atoms with Gasteiger partial charge in [-0.2, -0.15) is 0 Å². The Morgan fingerprint density at radius 1 is 1.41 bits per heavy atom. The van der Waals surface area contributed by atoms with Crippen LogP contribution in [0.4, 0.5) is 0 Å². The van der Waals surface area contributed by atoms with Gasteiger partial charge in [0, 0.05) is 18.5 Å². The van der Waals surface area contributed by atoms with Gasteiger partial charge < -0.3 is 10.3 Å². The fraction of sp³-hybridized carbons (Fsp3) is 0.727. The lowest BCUT2D eigenvalue weighted by Crippen LogP contribution is -2.24. The normalized spacial score (nSPS) is 31.4. The summed E-state index contributed by atoms with van der Waals surface area (Å²) in [6.07, 6.45) is 5.68. The Bertz CT molecular complexity index is 535. The number of nitrogens with zero attached hydrogens (tertiary/aromatic N) is 2. The van der Waals surface area contributed by atoms with Crippen molar-refractivity contribution in [2.24, 2.45) is 5.73 Å². The van der Waals surface area contributed by atoms with Crippen molar-refractivity contribution in [3.8, 4) is 0 Å². The van der Waals surface area contributed by atoms with Crippen molar-refractivity contribution >= 4 is 9.84 Å². The highest BCUT2D eigenvalue weighted by atomic mass is 32.2. The van der Waals surface area contributed by atoms with Crippen molar-refractivity contribution in [3.05, 3.63) is 17.7 Å². The fourth-order valence-corrected chi connectivity index (χ4v) is 4.52. The molecule has 94 valence electrons. The van der Waals surface area contributed by atoms with Crippen LogP contribution in [0.1, 0.15) is 42.9 Å². The summed E-state index contributed by atoms with van der Waals surface area (Å²) in [4.78, 5) is 4.57. The van der Waals surface area contributed by atoms with Gasteiger partial charge in [-0.05, 0) is 19.3 Å². The summed E-state index contributed by atoms with van der Waals surface area (Å²) in [5.74, 6) is 1.64. The minimum Gasteiger partial charge on any atom is -0.319 e. The van der Waals surface area contributed by atoms with Crippen LogP contribution in [0.3, 0.4) is 0 Å². The zero-order chi connectivity index (χ0) is 12.0. The number of fused-ring (bicyclic) bond motifs is 1. The average Bonchev–Trinajstić information content (AvgIpc) is 2.82. The van der Waals surface area contributed by atoms with Gasteiger partial charge in [-0.25, -0.2) is 13.4 Å². The molecule has 0 saturated carbocycles. The van der Waals surface area contributed by atoms with Gasteiger partial charge in [0.15, 0.2) is 9.84 Å². The monoisotopic (exact) mass is 255 g/mol. The Balaban J connectivity index is 1.90. The van der Waals surface area contributed by atoms with E-state index in [1.54, 1.807) is 0 Å². The van der Waals surface area contributed by atoms with E-state index in [0.717, 1.165) is 30.8 Å². The van der Waals surface area contributed by atoms with Crippen LogP contribution in [-0.4, -0.2) is 29.5 Å². The van der Waals surface area contributed by atoms with Gasteiger partial charge in [0.25, 0.3) is 0 Å². The highest BCUT2D eigenvalue weighted by Gasteiger charge is 2.32. The smallest absolute Gasteiger partial charge is 0.151 e. The van der Waals surface area contributed by atoms with E-state index in [1.807, 2.05) is 10.8 Å². The van der Waals surface area contributed by atoms with E-state index in [-0.39, 0.29) is 17.8 Å². The minimum atomic E-state index is -2.84. The second-order valence-corrected chi connectivity index (χ2v) is 7.28. The molecule has 2 N–H and O–H groups in total. The highest BCUT2D eigenvalue weighted by molar-refractivity contribution is 7.91. The van der Waals surface area contributed by atoms with Crippen LogP contribution in [0.15, 0.2) is 6.20 Å². The molecule has 1 aromatic heterocycles. The zero-order valence-corrected chi connectivity index (χ0v) is 10.5. The molecule has 0 spiro atoms. The topological polar surface area (TPSA) is 78.0 Å². The van der Waals surface area contributed by atoms with Crippen LogP contribution in [0.5, 0.6) is 0 Å². The van der Waals surface area contributed by atoms with Gasteiger partial charge in [0.05, 0.1) is 23.4 Å². The minimum absolute atomic E-state index is 0.0120. The zero-order valence-electron chi connectivity index (χ0n) is 9.67. The molecule has 2 atom stereocenters. The van der Waals surface area contributed by atoms with Crippen molar-refractivity contribution in [3.63, 3.8) is 0 Å². The van der Waals surface area contributed by atoms with Gasteiger partial charge in [-0.3, -0.25) is 0 Å². The molecule has 1 aromatic rings. The van der Waals surface area contributed by atoms with Crippen LogP contribution in [0.25, 0.3) is 0 Å². The number of imidazole rings is 1. The Labute approximate surface area is 101 Å². The molecule has 0 amide bonds. The summed E-state index contributed by atoms with van der Waals surface area (Å²) >= 11 is 0. The number of aromatic nitrogens is 2. The predicted molar refractivity (Wildman–Crippen MR) is 64.4 cm³/mol. The molecule has 0 bridgehead atoms. The molecule has 6 heteroatoms. The summed E-state index contributed by atoms with van der Waals surface area (Å²) in [6, 6.07) is 0. The van der Waals surface area contributed by atoms with Gasteiger partial charge >= 0.3 is 0 Å². The third kappa shape index (κ3) is 1.99. The standard InChI is InChI=1S/C11H17N3O2S/c12-10-2-1-3-11-13-9(6-14(10)11)8-4-5-17(15,16)7-8/h6,8,10H,1-5,7,12H2. The van der Waals surface area contributed by atoms with E-state index in [2.05, 4.69) is 4.98 Å². The van der Waals surface area contributed by atoms with Gasteiger partial charge in [0.1, 0.15) is 5.82 Å². The van der Waals surface area contributed by atoms with Crippen molar-refractivity contribution in [2.45, 2.75) is 37.8 Å². The molecule has 2 unspecified atom stereocenters. The molecular weight excluding hydrogens is 238 g/mol. The summed E-state index contributed by atoms with van der Waals surface area (Å²) in [7, 11) is -2.84. The molecule has 2 aliphatic heterocycles. The first-order valence-electron chi connectivity index (χ1n) is 6.09. The van der Waals surface area contributed by atoms with E-state index in [4.69, 9.17) is 5.73 Å². The Morgan fingerprint density at radius 3 is 2.88 bits per heavy atom. The molecule has 0 aromatic carbocycles. The van der Waals surface area contributed by atoms with E-state index < -0.39 is 9.84 Å². The lowest BCUT2D eigenvalue weighted by atomic mass is 10.1. The first kappa shape index (κ1) is 11.2. The molecule has 0 aliphatic carbocycles. The molecule has 1 saturated heterocycles. The molecule has 3 rings (SSSR count). The Morgan fingerprint density at radius 2 is 2.24 bits per heavy atom. The van der Waals surface area contributed by atoms with Crippen LogP contribution < -0.4 is 5.73 Å². The number of rotatable bonds is 1. The van der Waals surface area contributed by atoms with Gasteiger partial charge in [-0.15, -0.1) is 0 Å². The SMILES string of the molecule is NC1CCCc2nc(C3CCS(=O)(=O)C3)cn21. The highest BCUT2D eigenvalue weighted by Crippen LogP contribution is 2.30. The van der Waals surface area contributed by atoms with Gasteiger partial charge in [-0.1, -0.05) is 0 Å². The summed E-state index contributed by atoms with van der Waals surface area (Å²) in [6.45, 7) is 0. The maximum absolute atomic E-state index is 11.5. The predicted octanol–water partition coefficient (Wildman–Crippen LogP) is 0.579. The first-order chi connectivity index (χ1) is 8.05. The maximum Gasteiger partial charge on any atom is 0.151 e. The van der Waals surface area contributed by atoms with Crippen LogP contribution in [0, 0.1) is 0 Å². The van der Waals surface area contributed by atoms with E-state index >= 15 is 0 Å². The number of sulfone groups is 1. The number of aryl methyl sites for hydroxylation is 1. The average molecular weight is 255 g/mol. The quantitative estimate of drug-likeness (QED) is 0.796. The second-order valence-electron chi connectivity index (χ2n) is 5.05. The van der Waals surface area contributed by atoms with Crippen molar-refractivity contribution in [1.82, 2.24) is 9.55 Å². The molecule has 17 heavy (non-hydrogen) atoms. The van der Waals surface area contributed by atoms with E-state index in [0.29, 0.717) is 12.2 Å². The van der Waals surface area contributed by atoms with E-state index in [9.17, 15) is 8.42 Å². The largest absolute Gasteiger partial charge is 0.319 e. The molecule has 0 radical (unpaired) electrons. The molecule has 5 nitrogen and oxygen atoms in total. The van der Waals surface area contributed by atoms with E-state index in [1.165, 1.54) is 0 Å². The number of nitrogens with two attached hydrogens (primary N) is 1. The van der Waals surface area contributed by atoms with Crippen LogP contribution in [0.2, 0.25) is 0 Å². The third-order valence-electron chi connectivity index (χ3n) is 3.74. The molecular formula is C11H17N3O2S. The van der Waals surface area contributed by atoms with Crippen molar-refractivity contribution in [1.29, 1.82) is 0 Å². The lowest BCUT2D eigenvalue weighted by molar-refractivity contribution is 0.408. The molecule has 1 fully saturated rings. The third-order valence-corrected chi connectivity index (χ3v) is 5.50. The Hall–Kier alpha value is -0.880. The van der Waals surface area contributed by atoms with Gasteiger partial charge in [0.2, 0.25) is 0 Å². The van der Waals surface area contributed by atoms with Crippen molar-refractivity contribution < 1.29 is 8.42 Å². The van der Waals surface area contributed by atoms with Crippen molar-refractivity contribution in [2.75, 3.05) is 11.5 Å². The maximum atomic E-state index is 11.5. The molecule has 2 aliphatic rings. The van der Waals surface area contributed by atoms with Crippen LogP contribution >= 0.6 is 0 Å².